The molecule has 150 valence electrons. The van der Waals surface area contributed by atoms with Crippen LogP contribution in [-0.4, -0.2) is 37.9 Å². The van der Waals surface area contributed by atoms with Crippen molar-refractivity contribution in [2.24, 2.45) is 0 Å². The maximum Gasteiger partial charge on any atom is 0.332 e. The van der Waals surface area contributed by atoms with Crippen LogP contribution in [-0.2, 0) is 24.4 Å². The van der Waals surface area contributed by atoms with Crippen LogP contribution >= 0.6 is 11.3 Å². The van der Waals surface area contributed by atoms with E-state index in [1.807, 2.05) is 11.3 Å². The van der Waals surface area contributed by atoms with Gasteiger partial charge in [-0.2, -0.15) is 5.10 Å². The predicted molar refractivity (Wildman–Crippen MR) is 107 cm³/mol. The van der Waals surface area contributed by atoms with Crippen LogP contribution in [0.3, 0.4) is 0 Å². The fourth-order valence-corrected chi connectivity index (χ4v) is 5.80. The molecule has 7 nitrogen and oxygen atoms in total. The summed E-state index contributed by atoms with van der Waals surface area (Å²) >= 11 is 1.82. The number of aryl methyl sites for hydroxylation is 1. The highest BCUT2D eigenvalue weighted by Crippen LogP contribution is 2.33. The number of likely N-dealkylation sites (tertiary alicyclic amines) is 1. The van der Waals surface area contributed by atoms with Gasteiger partial charge in [-0.05, 0) is 38.3 Å². The standard InChI is InChI=1S/C20H26N4O3S/c1-14-6-7-16(28-14)10-22-9-8-20(12-22)13-23-17(11-27-20)21-24(19(26)18(23)25)15-4-2-3-5-15/h6-7,15H,2-5,8-13H2,1H3/t20-/m0/s1. The van der Waals surface area contributed by atoms with E-state index in [1.165, 1.54) is 14.4 Å². The smallest absolute Gasteiger partial charge is 0.332 e. The number of nitrogens with zero attached hydrogens (tertiary/aromatic N) is 4. The topological polar surface area (TPSA) is 69.4 Å². The van der Waals surface area contributed by atoms with E-state index in [2.05, 4.69) is 29.1 Å². The van der Waals surface area contributed by atoms with Crippen molar-refractivity contribution in [1.82, 2.24) is 19.2 Å². The molecule has 4 heterocycles. The Kier molecular flexibility index (Phi) is 4.52. The van der Waals surface area contributed by atoms with Crippen molar-refractivity contribution < 1.29 is 4.74 Å². The molecule has 2 fully saturated rings. The fourth-order valence-electron chi connectivity index (χ4n) is 4.87. The highest BCUT2D eigenvalue weighted by molar-refractivity contribution is 7.11. The highest BCUT2D eigenvalue weighted by Gasteiger charge is 2.43. The van der Waals surface area contributed by atoms with Crippen LogP contribution in [0.5, 0.6) is 0 Å². The van der Waals surface area contributed by atoms with Gasteiger partial charge in [0, 0.05) is 29.4 Å². The molecule has 2 aliphatic heterocycles. The molecule has 0 bridgehead atoms. The molecule has 1 saturated carbocycles. The summed E-state index contributed by atoms with van der Waals surface area (Å²) < 4.78 is 9.28. The molecule has 0 unspecified atom stereocenters. The van der Waals surface area contributed by atoms with Gasteiger partial charge >= 0.3 is 11.1 Å². The van der Waals surface area contributed by atoms with Crippen molar-refractivity contribution in [2.45, 2.75) is 70.4 Å². The van der Waals surface area contributed by atoms with Crippen LogP contribution in [0.15, 0.2) is 21.7 Å². The molecule has 1 aliphatic carbocycles. The molecule has 8 heteroatoms. The molecule has 0 amide bonds. The first-order chi connectivity index (χ1) is 13.5. The SMILES string of the molecule is Cc1ccc(CN2CC[C@]3(C2)Cn2c(nn(C4CCCC4)c(=O)c2=O)CO3)s1. The van der Waals surface area contributed by atoms with Crippen LogP contribution in [0.1, 0.15) is 53.7 Å². The number of rotatable bonds is 3. The quantitative estimate of drug-likeness (QED) is 0.735. The van der Waals surface area contributed by atoms with E-state index < -0.39 is 16.7 Å². The van der Waals surface area contributed by atoms with Crippen LogP contribution in [0, 0.1) is 6.92 Å². The lowest BCUT2D eigenvalue weighted by Gasteiger charge is -2.35. The van der Waals surface area contributed by atoms with Gasteiger partial charge in [-0.1, -0.05) is 12.8 Å². The van der Waals surface area contributed by atoms with Crippen LogP contribution in [0.25, 0.3) is 0 Å². The van der Waals surface area contributed by atoms with Crippen molar-refractivity contribution in [2.75, 3.05) is 13.1 Å². The molecule has 1 saturated heterocycles. The van der Waals surface area contributed by atoms with Crippen molar-refractivity contribution in [1.29, 1.82) is 0 Å². The second kappa shape index (κ2) is 6.93. The Morgan fingerprint density at radius 1 is 1.21 bits per heavy atom. The molecule has 0 aromatic carbocycles. The van der Waals surface area contributed by atoms with Crippen molar-refractivity contribution in [3.8, 4) is 0 Å². The molecule has 2 aromatic rings. The van der Waals surface area contributed by atoms with E-state index in [4.69, 9.17) is 4.74 Å². The summed E-state index contributed by atoms with van der Waals surface area (Å²) in [5.74, 6) is 0.592. The zero-order chi connectivity index (χ0) is 19.3. The number of thiophene rings is 1. The van der Waals surface area contributed by atoms with Gasteiger partial charge in [0.1, 0.15) is 12.2 Å². The lowest BCUT2D eigenvalue weighted by Crippen LogP contribution is -2.53. The average Bonchev–Trinajstić information content (AvgIpc) is 3.42. The van der Waals surface area contributed by atoms with Crippen LogP contribution in [0.2, 0.25) is 0 Å². The first kappa shape index (κ1) is 18.3. The molecule has 3 aliphatic rings. The number of hydrogen-bond acceptors (Lipinski definition) is 6. The third-order valence-electron chi connectivity index (χ3n) is 6.37. The summed E-state index contributed by atoms with van der Waals surface area (Å²) in [7, 11) is 0. The molecule has 0 N–H and O–H groups in total. The van der Waals surface area contributed by atoms with Crippen LogP contribution < -0.4 is 11.1 Å². The summed E-state index contributed by atoms with van der Waals surface area (Å²) in [5, 5.41) is 4.53. The average molecular weight is 403 g/mol. The molecule has 1 spiro atoms. The summed E-state index contributed by atoms with van der Waals surface area (Å²) in [6.07, 6.45) is 4.91. The maximum atomic E-state index is 12.8. The molecular formula is C20H26N4O3S. The Bertz CT molecular complexity index is 1000. The minimum atomic E-state index is -0.475. The zero-order valence-corrected chi connectivity index (χ0v) is 17.0. The van der Waals surface area contributed by atoms with Gasteiger partial charge in [-0.25, -0.2) is 4.68 Å². The Labute approximate surface area is 167 Å². The zero-order valence-electron chi connectivity index (χ0n) is 16.2. The molecule has 28 heavy (non-hydrogen) atoms. The van der Waals surface area contributed by atoms with Gasteiger partial charge in [0.2, 0.25) is 0 Å². The third kappa shape index (κ3) is 3.17. The van der Waals surface area contributed by atoms with E-state index in [0.29, 0.717) is 19.0 Å². The second-order valence-corrected chi connectivity index (χ2v) is 9.81. The first-order valence-corrected chi connectivity index (χ1v) is 11.0. The van der Waals surface area contributed by atoms with Crippen LogP contribution in [0.4, 0.5) is 0 Å². The number of ether oxygens (including phenoxy) is 1. The van der Waals surface area contributed by atoms with Crippen molar-refractivity contribution in [3.05, 3.63) is 48.4 Å². The largest absolute Gasteiger partial charge is 0.364 e. The van der Waals surface area contributed by atoms with Gasteiger partial charge in [0.05, 0.1) is 12.6 Å². The second-order valence-electron chi connectivity index (χ2n) is 8.44. The molecule has 2 aromatic heterocycles. The lowest BCUT2D eigenvalue weighted by atomic mass is 10.0. The Morgan fingerprint density at radius 3 is 2.79 bits per heavy atom. The number of aromatic nitrogens is 3. The van der Waals surface area contributed by atoms with Gasteiger partial charge in [-0.15, -0.1) is 11.3 Å². The first-order valence-electron chi connectivity index (χ1n) is 10.2. The van der Waals surface area contributed by atoms with Crippen molar-refractivity contribution in [3.63, 3.8) is 0 Å². The Balaban J connectivity index is 1.37. The highest BCUT2D eigenvalue weighted by atomic mass is 32.1. The molecule has 5 rings (SSSR count). The van der Waals surface area contributed by atoms with E-state index in [-0.39, 0.29) is 6.04 Å². The predicted octanol–water partition coefficient (Wildman–Crippen LogP) is 2.06. The minimum Gasteiger partial charge on any atom is -0.364 e. The van der Waals surface area contributed by atoms with E-state index in [9.17, 15) is 9.59 Å². The fraction of sp³-hybridized carbons (Fsp3) is 0.650. The van der Waals surface area contributed by atoms with E-state index >= 15 is 0 Å². The third-order valence-corrected chi connectivity index (χ3v) is 7.35. The summed E-state index contributed by atoms with van der Waals surface area (Å²) in [5.41, 5.74) is -1.31. The molecular weight excluding hydrogens is 376 g/mol. The monoisotopic (exact) mass is 402 g/mol. The normalized spacial score (nSPS) is 25.6. The molecule has 1 atom stereocenters. The summed E-state index contributed by atoms with van der Waals surface area (Å²) in [6, 6.07) is 4.40. The van der Waals surface area contributed by atoms with E-state index in [1.54, 1.807) is 4.57 Å². The summed E-state index contributed by atoms with van der Waals surface area (Å²) in [6.45, 7) is 5.48. The van der Waals surface area contributed by atoms with Gasteiger partial charge < -0.3 is 4.74 Å². The number of fused-ring (bicyclic) bond motifs is 1. The minimum absolute atomic E-state index is 0.0678. The summed E-state index contributed by atoms with van der Waals surface area (Å²) in [4.78, 5) is 30.5. The van der Waals surface area contributed by atoms with Crippen molar-refractivity contribution >= 4 is 11.3 Å². The maximum absolute atomic E-state index is 12.8. The lowest BCUT2D eigenvalue weighted by molar-refractivity contribution is -0.0860. The molecule has 0 radical (unpaired) electrons. The Morgan fingerprint density at radius 2 is 2.04 bits per heavy atom. The van der Waals surface area contributed by atoms with E-state index in [0.717, 1.165) is 51.7 Å². The Hall–Kier alpha value is -1.77. The van der Waals surface area contributed by atoms with Gasteiger partial charge in [0.15, 0.2) is 5.82 Å². The van der Waals surface area contributed by atoms with Gasteiger partial charge in [-0.3, -0.25) is 19.1 Å². The number of hydrogen-bond donors (Lipinski definition) is 0. The van der Waals surface area contributed by atoms with Gasteiger partial charge in [0.25, 0.3) is 0 Å².